The highest BCUT2D eigenvalue weighted by Gasteiger charge is 2.30. The summed E-state index contributed by atoms with van der Waals surface area (Å²) in [7, 11) is 0. The fourth-order valence-electron chi connectivity index (χ4n) is 3.17. The van der Waals surface area contributed by atoms with Gasteiger partial charge in [0.2, 0.25) is 0 Å². The molecule has 3 rings (SSSR count). The largest absolute Gasteiger partial charge is 0.416 e. The van der Waals surface area contributed by atoms with E-state index in [1.54, 1.807) is 19.9 Å². The molecule has 0 aliphatic rings. The first-order valence-electron chi connectivity index (χ1n) is 8.68. The fraction of sp³-hybridized carbons (Fsp3) is 0.250. The normalized spacial score (nSPS) is 11.5. The lowest BCUT2D eigenvalue weighted by Gasteiger charge is -2.07. The molecule has 152 valence electrons. The van der Waals surface area contributed by atoms with Gasteiger partial charge in [-0.1, -0.05) is 18.2 Å². The second-order valence-corrected chi connectivity index (χ2v) is 7.76. The quantitative estimate of drug-likeness (QED) is 0.560. The Hall–Kier alpha value is -2.94. The number of carbonyl (C=O) groups excluding carboxylic acids is 2. The molecular formula is C20H18F3N3O2S. The molecule has 2 N–H and O–H groups in total. The Morgan fingerprint density at radius 2 is 1.97 bits per heavy atom. The van der Waals surface area contributed by atoms with Crippen molar-refractivity contribution in [2.45, 2.75) is 33.4 Å². The monoisotopic (exact) mass is 421 g/mol. The summed E-state index contributed by atoms with van der Waals surface area (Å²) in [6.07, 6.45) is -2.60. The number of aromatic nitrogens is 2. The summed E-state index contributed by atoms with van der Waals surface area (Å²) in [6, 6.07) is 5.11. The molecule has 1 aromatic carbocycles. The van der Waals surface area contributed by atoms with Crippen molar-refractivity contribution in [2.24, 2.45) is 0 Å². The predicted octanol–water partition coefficient (Wildman–Crippen LogP) is 5.15. The van der Waals surface area contributed by atoms with E-state index in [1.165, 1.54) is 30.5 Å². The number of amides is 1. The number of rotatable bonds is 5. The van der Waals surface area contributed by atoms with E-state index < -0.39 is 17.6 Å². The van der Waals surface area contributed by atoms with Crippen LogP contribution in [0.3, 0.4) is 0 Å². The van der Waals surface area contributed by atoms with Crippen LogP contribution in [0.1, 0.15) is 55.0 Å². The van der Waals surface area contributed by atoms with E-state index in [1.807, 2.05) is 0 Å². The minimum absolute atomic E-state index is 0.132. The first-order chi connectivity index (χ1) is 13.6. The van der Waals surface area contributed by atoms with Crippen LogP contribution in [0, 0.1) is 13.8 Å². The third-order valence-corrected chi connectivity index (χ3v) is 5.34. The van der Waals surface area contributed by atoms with Crippen LogP contribution in [0.15, 0.2) is 30.5 Å². The average molecular weight is 421 g/mol. The summed E-state index contributed by atoms with van der Waals surface area (Å²) in [5.74, 6) is -0.564. The average Bonchev–Trinajstić information content (AvgIpc) is 3.17. The third kappa shape index (κ3) is 4.56. The molecule has 0 spiro atoms. The Labute approximate surface area is 169 Å². The van der Waals surface area contributed by atoms with Gasteiger partial charge in [-0.15, -0.1) is 11.3 Å². The van der Waals surface area contributed by atoms with Crippen molar-refractivity contribution in [3.8, 4) is 0 Å². The third-order valence-electron chi connectivity index (χ3n) is 4.42. The van der Waals surface area contributed by atoms with E-state index in [4.69, 9.17) is 0 Å². The van der Waals surface area contributed by atoms with Crippen LogP contribution in [-0.2, 0) is 12.6 Å². The van der Waals surface area contributed by atoms with E-state index >= 15 is 0 Å². The SMILES string of the molecule is CC(=O)c1c(C)[nH]c(C(=O)Nc2ncc(Cc3cccc(C(F)(F)F)c3)s2)c1C. The number of anilines is 1. The molecule has 0 bridgehead atoms. The molecule has 0 fully saturated rings. The molecule has 2 heterocycles. The van der Waals surface area contributed by atoms with Crippen LogP contribution >= 0.6 is 11.3 Å². The minimum atomic E-state index is -4.40. The number of hydrogen-bond donors (Lipinski definition) is 2. The Morgan fingerprint density at radius 3 is 2.59 bits per heavy atom. The minimum Gasteiger partial charge on any atom is -0.354 e. The molecule has 1 amide bonds. The number of Topliss-reactive ketones (excluding diaryl/α,β-unsaturated/α-hetero) is 1. The molecule has 0 atom stereocenters. The zero-order valence-electron chi connectivity index (χ0n) is 15.9. The number of thiazole rings is 1. The predicted molar refractivity (Wildman–Crippen MR) is 105 cm³/mol. The summed E-state index contributed by atoms with van der Waals surface area (Å²) < 4.78 is 38.5. The van der Waals surface area contributed by atoms with Gasteiger partial charge in [0.1, 0.15) is 5.69 Å². The number of hydrogen-bond acceptors (Lipinski definition) is 4. The Balaban J connectivity index is 1.74. The second kappa shape index (κ2) is 7.82. The number of alkyl halides is 3. The van der Waals surface area contributed by atoms with E-state index in [9.17, 15) is 22.8 Å². The zero-order valence-corrected chi connectivity index (χ0v) is 16.7. The lowest BCUT2D eigenvalue weighted by Crippen LogP contribution is -2.13. The van der Waals surface area contributed by atoms with Gasteiger partial charge in [-0.05, 0) is 38.0 Å². The smallest absolute Gasteiger partial charge is 0.354 e. The number of halogens is 3. The molecule has 0 saturated carbocycles. The number of benzene rings is 1. The Bertz CT molecular complexity index is 1080. The van der Waals surface area contributed by atoms with Crippen molar-refractivity contribution >= 4 is 28.2 Å². The summed E-state index contributed by atoms with van der Waals surface area (Å²) in [4.78, 5) is 32.0. The maximum Gasteiger partial charge on any atom is 0.416 e. The van der Waals surface area contributed by atoms with Crippen molar-refractivity contribution < 1.29 is 22.8 Å². The molecule has 0 aliphatic heterocycles. The lowest BCUT2D eigenvalue weighted by molar-refractivity contribution is -0.137. The van der Waals surface area contributed by atoms with Crippen LogP contribution < -0.4 is 5.32 Å². The summed E-state index contributed by atoms with van der Waals surface area (Å²) >= 11 is 1.18. The van der Waals surface area contributed by atoms with Gasteiger partial charge >= 0.3 is 6.18 Å². The number of ketones is 1. The molecule has 0 aliphatic carbocycles. The molecule has 0 saturated heterocycles. The van der Waals surface area contributed by atoms with Gasteiger partial charge in [0.25, 0.3) is 5.91 Å². The maximum atomic E-state index is 12.8. The first-order valence-corrected chi connectivity index (χ1v) is 9.50. The topological polar surface area (TPSA) is 74.8 Å². The van der Waals surface area contributed by atoms with E-state index in [-0.39, 0.29) is 17.9 Å². The number of aryl methyl sites for hydroxylation is 1. The molecule has 3 aromatic rings. The van der Waals surface area contributed by atoms with Crippen LogP contribution in [-0.4, -0.2) is 21.7 Å². The van der Waals surface area contributed by atoms with Gasteiger partial charge in [0.05, 0.1) is 5.56 Å². The zero-order chi connectivity index (χ0) is 21.3. The molecular weight excluding hydrogens is 403 g/mol. The number of H-pyrrole nitrogens is 1. The molecule has 2 aromatic heterocycles. The highest BCUT2D eigenvalue weighted by Crippen LogP contribution is 2.30. The van der Waals surface area contributed by atoms with Gasteiger partial charge < -0.3 is 4.98 Å². The van der Waals surface area contributed by atoms with Crippen molar-refractivity contribution in [3.05, 3.63) is 69.0 Å². The second-order valence-electron chi connectivity index (χ2n) is 6.64. The summed E-state index contributed by atoms with van der Waals surface area (Å²) in [5, 5.41) is 2.99. The number of carbonyl (C=O) groups is 2. The lowest BCUT2D eigenvalue weighted by atomic mass is 10.1. The molecule has 0 unspecified atom stereocenters. The van der Waals surface area contributed by atoms with E-state index in [2.05, 4.69) is 15.3 Å². The maximum absolute atomic E-state index is 12.8. The summed E-state index contributed by atoms with van der Waals surface area (Å²) in [5.41, 5.74) is 1.75. The Morgan fingerprint density at radius 1 is 1.24 bits per heavy atom. The molecule has 0 radical (unpaired) electrons. The number of nitrogens with one attached hydrogen (secondary N) is 2. The fourth-order valence-corrected chi connectivity index (χ4v) is 4.01. The standard InChI is InChI=1S/C20H18F3N3O2S/c1-10-16(12(3)27)11(2)25-17(10)18(28)26-19-24-9-15(29-19)8-13-5-4-6-14(7-13)20(21,22)23/h4-7,9,25H,8H2,1-3H3,(H,24,26,28). The van der Waals surface area contributed by atoms with E-state index in [0.29, 0.717) is 32.4 Å². The van der Waals surface area contributed by atoms with Gasteiger partial charge in [0, 0.05) is 28.8 Å². The number of nitrogens with zero attached hydrogens (tertiary/aromatic N) is 1. The molecule has 29 heavy (non-hydrogen) atoms. The highest BCUT2D eigenvalue weighted by atomic mass is 32.1. The summed E-state index contributed by atoms with van der Waals surface area (Å²) in [6.45, 7) is 4.85. The van der Waals surface area contributed by atoms with Gasteiger partial charge in [-0.25, -0.2) is 4.98 Å². The van der Waals surface area contributed by atoms with Crippen LogP contribution in [0.2, 0.25) is 0 Å². The molecule has 5 nitrogen and oxygen atoms in total. The van der Waals surface area contributed by atoms with Crippen molar-refractivity contribution in [1.29, 1.82) is 0 Å². The van der Waals surface area contributed by atoms with Crippen molar-refractivity contribution in [2.75, 3.05) is 5.32 Å². The van der Waals surface area contributed by atoms with E-state index in [0.717, 1.165) is 12.1 Å². The van der Waals surface area contributed by atoms with Gasteiger partial charge in [0.15, 0.2) is 10.9 Å². The van der Waals surface area contributed by atoms with Crippen molar-refractivity contribution in [3.63, 3.8) is 0 Å². The number of aromatic amines is 1. The van der Waals surface area contributed by atoms with Crippen LogP contribution in [0.4, 0.5) is 18.3 Å². The first kappa shape index (κ1) is 20.8. The van der Waals surface area contributed by atoms with Crippen LogP contribution in [0.5, 0.6) is 0 Å². The van der Waals surface area contributed by atoms with Gasteiger partial charge in [-0.2, -0.15) is 13.2 Å². The van der Waals surface area contributed by atoms with Crippen LogP contribution in [0.25, 0.3) is 0 Å². The van der Waals surface area contributed by atoms with Gasteiger partial charge in [-0.3, -0.25) is 14.9 Å². The molecule has 9 heteroatoms. The Kier molecular flexibility index (Phi) is 5.61. The highest BCUT2D eigenvalue weighted by molar-refractivity contribution is 7.15. The van der Waals surface area contributed by atoms with Crippen molar-refractivity contribution in [1.82, 2.24) is 9.97 Å².